The lowest BCUT2D eigenvalue weighted by Crippen LogP contribution is -2.22. The van der Waals surface area contributed by atoms with E-state index in [2.05, 4.69) is 29.4 Å². The van der Waals surface area contributed by atoms with Crippen molar-refractivity contribution in [3.05, 3.63) is 35.7 Å². The van der Waals surface area contributed by atoms with Gasteiger partial charge in [-0.1, -0.05) is 6.08 Å². The third-order valence-corrected chi connectivity index (χ3v) is 3.26. The minimum atomic E-state index is 0.749. The molecule has 2 heterocycles. The van der Waals surface area contributed by atoms with Gasteiger partial charge in [0.1, 0.15) is 0 Å². The van der Waals surface area contributed by atoms with Crippen molar-refractivity contribution >= 4 is 5.57 Å². The molecule has 0 unspecified atom stereocenters. The number of hydrogen-bond donors (Lipinski definition) is 1. The molecule has 2 atom stereocenters. The Hall–Kier alpha value is -1.15. The maximum absolute atomic E-state index is 4.24. The first-order chi connectivity index (χ1) is 6.84. The highest BCUT2D eigenvalue weighted by molar-refractivity contribution is 5.73. The van der Waals surface area contributed by atoms with Crippen LogP contribution in [0.5, 0.6) is 0 Å². The number of pyridine rings is 1. The summed E-state index contributed by atoms with van der Waals surface area (Å²) in [6.07, 6.45) is 6.28. The molecule has 2 aliphatic rings. The lowest BCUT2D eigenvalue weighted by molar-refractivity contribution is 0.564. The summed E-state index contributed by atoms with van der Waals surface area (Å²) in [6.45, 7) is 4.40. The average molecular weight is 186 g/mol. The molecule has 0 spiro atoms. The maximum atomic E-state index is 4.24. The van der Waals surface area contributed by atoms with E-state index >= 15 is 0 Å². The van der Waals surface area contributed by atoms with E-state index in [1.807, 2.05) is 12.4 Å². The first-order valence-electron chi connectivity index (χ1n) is 5.19. The van der Waals surface area contributed by atoms with E-state index in [0.717, 1.165) is 24.9 Å². The normalized spacial score (nSPS) is 29.4. The summed E-state index contributed by atoms with van der Waals surface area (Å²) >= 11 is 0. The van der Waals surface area contributed by atoms with Gasteiger partial charge in [-0.25, -0.2) is 0 Å². The second-order valence-corrected chi connectivity index (χ2v) is 4.30. The summed E-state index contributed by atoms with van der Waals surface area (Å²) in [6, 6.07) is 2.23. The summed E-state index contributed by atoms with van der Waals surface area (Å²) in [7, 11) is 0. The standard InChI is InChI=1S/C12H14N2/c1-8-2-9(5-13-4-8)11-3-10-6-14-7-12(10)11/h2-5,10,12,14H,6-7H2,1H3/t10-,12+/m1/s1. The minimum absolute atomic E-state index is 0.749. The molecular formula is C12H14N2. The Bertz CT molecular complexity index is 395. The molecule has 1 aromatic heterocycles. The van der Waals surface area contributed by atoms with Gasteiger partial charge in [0.15, 0.2) is 0 Å². The van der Waals surface area contributed by atoms with Crippen LogP contribution in [0.1, 0.15) is 11.1 Å². The number of aryl methyl sites for hydroxylation is 1. The number of aromatic nitrogens is 1. The summed E-state index contributed by atoms with van der Waals surface area (Å²) in [5, 5.41) is 3.43. The third kappa shape index (κ3) is 1.11. The summed E-state index contributed by atoms with van der Waals surface area (Å²) in [5.74, 6) is 1.53. The quantitative estimate of drug-likeness (QED) is 0.721. The minimum Gasteiger partial charge on any atom is -0.315 e. The van der Waals surface area contributed by atoms with E-state index in [0.29, 0.717) is 0 Å². The number of hydrogen-bond acceptors (Lipinski definition) is 2. The zero-order valence-electron chi connectivity index (χ0n) is 8.33. The van der Waals surface area contributed by atoms with Gasteiger partial charge < -0.3 is 5.32 Å². The van der Waals surface area contributed by atoms with Gasteiger partial charge in [0.25, 0.3) is 0 Å². The van der Waals surface area contributed by atoms with E-state index in [4.69, 9.17) is 0 Å². The van der Waals surface area contributed by atoms with Crippen LogP contribution in [0.2, 0.25) is 0 Å². The molecule has 2 heteroatoms. The Kier molecular flexibility index (Phi) is 1.71. The summed E-state index contributed by atoms with van der Waals surface area (Å²) in [5.41, 5.74) is 4.06. The van der Waals surface area contributed by atoms with Crippen LogP contribution in [0, 0.1) is 18.8 Å². The van der Waals surface area contributed by atoms with Crippen molar-refractivity contribution in [1.29, 1.82) is 0 Å². The number of rotatable bonds is 1. The van der Waals surface area contributed by atoms with Gasteiger partial charge in [-0.15, -0.1) is 0 Å². The molecule has 14 heavy (non-hydrogen) atoms. The van der Waals surface area contributed by atoms with E-state index in [-0.39, 0.29) is 0 Å². The first-order valence-corrected chi connectivity index (χ1v) is 5.19. The van der Waals surface area contributed by atoms with E-state index in [1.165, 1.54) is 16.7 Å². The fourth-order valence-electron chi connectivity index (χ4n) is 2.47. The molecule has 1 saturated heterocycles. The summed E-state index contributed by atoms with van der Waals surface area (Å²) in [4.78, 5) is 4.24. The molecule has 1 aromatic rings. The maximum Gasteiger partial charge on any atom is 0.0343 e. The van der Waals surface area contributed by atoms with Crippen molar-refractivity contribution in [2.75, 3.05) is 13.1 Å². The Labute approximate surface area is 84.1 Å². The van der Waals surface area contributed by atoms with Crippen LogP contribution in [0.4, 0.5) is 0 Å². The van der Waals surface area contributed by atoms with Crippen molar-refractivity contribution in [2.45, 2.75) is 6.92 Å². The smallest absolute Gasteiger partial charge is 0.0343 e. The predicted octanol–water partition coefficient (Wildman–Crippen LogP) is 1.62. The van der Waals surface area contributed by atoms with Crippen molar-refractivity contribution in [3.8, 4) is 0 Å². The Balaban J connectivity index is 1.94. The van der Waals surface area contributed by atoms with Gasteiger partial charge in [-0.2, -0.15) is 0 Å². The van der Waals surface area contributed by atoms with Crippen LogP contribution < -0.4 is 5.32 Å². The highest BCUT2D eigenvalue weighted by Crippen LogP contribution is 2.42. The van der Waals surface area contributed by atoms with Crippen LogP contribution in [0.15, 0.2) is 24.5 Å². The molecule has 3 rings (SSSR count). The lowest BCUT2D eigenvalue weighted by atomic mass is 9.74. The van der Waals surface area contributed by atoms with Crippen LogP contribution in [0.25, 0.3) is 5.57 Å². The van der Waals surface area contributed by atoms with Gasteiger partial charge >= 0.3 is 0 Å². The molecule has 0 amide bonds. The zero-order chi connectivity index (χ0) is 9.54. The molecule has 0 bridgehead atoms. The van der Waals surface area contributed by atoms with E-state index in [9.17, 15) is 0 Å². The van der Waals surface area contributed by atoms with Crippen molar-refractivity contribution in [1.82, 2.24) is 10.3 Å². The summed E-state index contributed by atoms with van der Waals surface area (Å²) < 4.78 is 0. The fraction of sp³-hybridized carbons (Fsp3) is 0.417. The predicted molar refractivity (Wildman–Crippen MR) is 56.8 cm³/mol. The van der Waals surface area contributed by atoms with Crippen LogP contribution in [-0.2, 0) is 0 Å². The van der Waals surface area contributed by atoms with Crippen LogP contribution in [0.3, 0.4) is 0 Å². The largest absolute Gasteiger partial charge is 0.315 e. The second kappa shape index (κ2) is 2.92. The van der Waals surface area contributed by atoms with E-state index in [1.54, 1.807) is 0 Å². The second-order valence-electron chi connectivity index (χ2n) is 4.30. The molecule has 72 valence electrons. The fourth-order valence-corrected chi connectivity index (χ4v) is 2.47. The highest BCUT2D eigenvalue weighted by atomic mass is 14.9. The zero-order valence-corrected chi connectivity index (χ0v) is 8.33. The Morgan fingerprint density at radius 3 is 3.07 bits per heavy atom. The molecule has 1 fully saturated rings. The molecule has 0 radical (unpaired) electrons. The van der Waals surface area contributed by atoms with Gasteiger partial charge in [0.05, 0.1) is 0 Å². The number of fused-ring (bicyclic) bond motifs is 1. The van der Waals surface area contributed by atoms with Crippen LogP contribution >= 0.6 is 0 Å². The molecule has 1 aliphatic carbocycles. The number of nitrogens with one attached hydrogen (secondary N) is 1. The SMILES string of the molecule is Cc1cncc(C2=C[C@@H]3CNC[C@H]23)c1. The molecular weight excluding hydrogens is 172 g/mol. The van der Waals surface area contributed by atoms with Crippen molar-refractivity contribution < 1.29 is 0 Å². The first kappa shape index (κ1) is 8.18. The van der Waals surface area contributed by atoms with Gasteiger partial charge in [0, 0.05) is 31.4 Å². The highest BCUT2D eigenvalue weighted by Gasteiger charge is 2.36. The molecule has 1 aliphatic heterocycles. The Morgan fingerprint density at radius 2 is 2.29 bits per heavy atom. The van der Waals surface area contributed by atoms with Gasteiger partial charge in [0.2, 0.25) is 0 Å². The average Bonchev–Trinajstić information content (AvgIpc) is 2.48. The Morgan fingerprint density at radius 1 is 1.36 bits per heavy atom. The molecule has 0 aromatic carbocycles. The lowest BCUT2D eigenvalue weighted by Gasteiger charge is -2.29. The monoisotopic (exact) mass is 186 g/mol. The van der Waals surface area contributed by atoms with Crippen molar-refractivity contribution in [2.24, 2.45) is 11.8 Å². The topological polar surface area (TPSA) is 24.9 Å². The van der Waals surface area contributed by atoms with E-state index < -0.39 is 0 Å². The number of nitrogens with zero attached hydrogens (tertiary/aromatic N) is 1. The molecule has 2 nitrogen and oxygen atoms in total. The molecule has 1 N–H and O–H groups in total. The van der Waals surface area contributed by atoms with Gasteiger partial charge in [-0.05, 0) is 35.6 Å². The van der Waals surface area contributed by atoms with Crippen LogP contribution in [-0.4, -0.2) is 18.1 Å². The van der Waals surface area contributed by atoms with Gasteiger partial charge in [-0.3, -0.25) is 4.98 Å². The third-order valence-electron chi connectivity index (χ3n) is 3.26. The van der Waals surface area contributed by atoms with Crippen molar-refractivity contribution in [3.63, 3.8) is 0 Å². The molecule has 0 saturated carbocycles.